The van der Waals surface area contributed by atoms with Gasteiger partial charge in [0.2, 0.25) is 10.0 Å². The second-order valence-electron chi connectivity index (χ2n) is 10.2. The van der Waals surface area contributed by atoms with Crippen LogP contribution in [0.2, 0.25) is 0 Å². The molecule has 0 heterocycles. The summed E-state index contributed by atoms with van der Waals surface area (Å²) in [5.41, 5.74) is 1.48. The first-order chi connectivity index (χ1) is 18.9. The molecule has 0 bridgehead atoms. The van der Waals surface area contributed by atoms with Crippen LogP contribution in [0.25, 0.3) is 21.9 Å². The maximum Gasteiger partial charge on any atom is 0.417 e. The fraction of sp³-hybridized carbons (Fsp3) is 0.226. The predicted octanol–water partition coefficient (Wildman–Crippen LogP) is 6.52. The van der Waals surface area contributed by atoms with Crippen LogP contribution in [0.5, 0.6) is 5.75 Å². The first-order valence-corrected chi connectivity index (χ1v) is 14.4. The average Bonchev–Trinajstić information content (AvgIpc) is 2.91. The highest BCUT2D eigenvalue weighted by atomic mass is 32.2. The normalized spacial score (nSPS) is 12.5. The van der Waals surface area contributed by atoms with E-state index in [1.807, 2.05) is 42.5 Å². The number of anilines is 1. The average molecular weight is 561 g/mol. The number of ether oxygens (including phenoxy) is 2. The molecule has 8 nitrogen and oxygen atoms in total. The Bertz CT molecular complexity index is 1610. The van der Waals surface area contributed by atoms with E-state index in [1.54, 1.807) is 64.1 Å². The number of rotatable bonds is 8. The quantitative estimate of drug-likeness (QED) is 0.238. The number of hydrogen-bond donors (Lipinski definition) is 2. The van der Waals surface area contributed by atoms with E-state index < -0.39 is 33.7 Å². The van der Waals surface area contributed by atoms with Gasteiger partial charge in [0.1, 0.15) is 17.4 Å². The summed E-state index contributed by atoms with van der Waals surface area (Å²) in [6.07, 6.45) is -0.358. The predicted molar refractivity (Wildman–Crippen MR) is 156 cm³/mol. The highest BCUT2D eigenvalue weighted by Gasteiger charge is 2.28. The van der Waals surface area contributed by atoms with Crippen molar-refractivity contribution >= 4 is 38.5 Å². The molecule has 2 N–H and O–H groups in total. The molecule has 1 unspecified atom stereocenters. The number of sulfonamides is 1. The molecule has 9 heteroatoms. The number of benzene rings is 4. The summed E-state index contributed by atoms with van der Waals surface area (Å²) >= 11 is 0. The van der Waals surface area contributed by atoms with E-state index in [1.165, 1.54) is 12.1 Å². The van der Waals surface area contributed by atoms with Gasteiger partial charge in [-0.3, -0.25) is 10.1 Å². The van der Waals surface area contributed by atoms with Gasteiger partial charge in [-0.25, -0.2) is 13.2 Å². The zero-order valence-electron chi connectivity index (χ0n) is 22.8. The molecule has 0 aliphatic rings. The molecule has 208 valence electrons. The molecule has 0 saturated heterocycles. The fourth-order valence-electron chi connectivity index (χ4n) is 3.99. The molecule has 1 amide bonds. The fourth-order valence-corrected chi connectivity index (χ4v) is 5.25. The smallest absolute Gasteiger partial charge is 0.417 e. The third-order valence-corrected chi connectivity index (χ3v) is 7.44. The molecule has 0 saturated carbocycles. The largest absolute Gasteiger partial charge is 0.459 e. The molecule has 1 atom stereocenters. The summed E-state index contributed by atoms with van der Waals surface area (Å²) in [5, 5.41) is 4.81. The molecule has 4 rings (SSSR count). The molecular formula is C31H32N2O6S. The van der Waals surface area contributed by atoms with Crippen molar-refractivity contribution < 1.29 is 27.5 Å². The van der Waals surface area contributed by atoms with Gasteiger partial charge in [0.25, 0.3) is 0 Å². The molecule has 0 aromatic heterocycles. The first-order valence-electron chi connectivity index (χ1n) is 12.9. The molecule has 4 aromatic rings. The van der Waals surface area contributed by atoms with Crippen LogP contribution >= 0.6 is 0 Å². The van der Waals surface area contributed by atoms with Crippen molar-refractivity contribution in [2.45, 2.75) is 50.7 Å². The zero-order chi connectivity index (χ0) is 28.9. The molecule has 4 aromatic carbocycles. The third kappa shape index (κ3) is 7.46. The van der Waals surface area contributed by atoms with Crippen LogP contribution in [-0.4, -0.2) is 32.1 Å². The lowest BCUT2D eigenvalue weighted by atomic mass is 10.1. The van der Waals surface area contributed by atoms with Crippen LogP contribution in [0, 0.1) is 0 Å². The Morgan fingerprint density at radius 3 is 2.02 bits per heavy atom. The van der Waals surface area contributed by atoms with Crippen molar-refractivity contribution in [1.82, 2.24) is 4.72 Å². The summed E-state index contributed by atoms with van der Waals surface area (Å²) in [4.78, 5) is 24.8. The van der Waals surface area contributed by atoms with E-state index in [0.29, 0.717) is 11.4 Å². The lowest BCUT2D eigenvalue weighted by Gasteiger charge is -2.23. The maximum absolute atomic E-state index is 12.9. The Labute approximate surface area is 234 Å². The summed E-state index contributed by atoms with van der Waals surface area (Å²) < 4.78 is 38.9. The molecule has 0 aliphatic heterocycles. The van der Waals surface area contributed by atoms with E-state index in [0.717, 1.165) is 21.9 Å². The Morgan fingerprint density at radius 2 is 1.43 bits per heavy atom. The number of nitrogens with one attached hydrogen (secondary N) is 2. The summed E-state index contributed by atoms with van der Waals surface area (Å²) in [6, 6.07) is 25.6. The number of carbonyl (C=O) groups is 2. The Hall–Kier alpha value is -4.21. The van der Waals surface area contributed by atoms with E-state index in [9.17, 15) is 18.0 Å². The minimum atomic E-state index is -3.94. The van der Waals surface area contributed by atoms with Gasteiger partial charge in [0, 0.05) is 5.69 Å². The number of carbonyl (C=O) groups excluding carboxylic acids is 2. The topological polar surface area (TPSA) is 111 Å². The SMILES string of the molecule is CCC(NS(=O)(=O)c1ccc(-c2ccc(OC(=O)Nc3ccc4ccccc4c3)cc2)cc1)C(=O)OC(C)(C)C. The number of fused-ring (bicyclic) bond motifs is 1. The number of esters is 1. The summed E-state index contributed by atoms with van der Waals surface area (Å²) in [5.74, 6) is -0.262. The second-order valence-corrected chi connectivity index (χ2v) is 12.0. The zero-order valence-corrected chi connectivity index (χ0v) is 23.6. The van der Waals surface area contributed by atoms with Gasteiger partial charge in [-0.2, -0.15) is 4.72 Å². The third-order valence-electron chi connectivity index (χ3n) is 5.96. The summed E-state index contributed by atoms with van der Waals surface area (Å²) in [6.45, 7) is 6.89. The second kappa shape index (κ2) is 11.9. The van der Waals surface area contributed by atoms with Crippen LogP contribution in [-0.2, 0) is 19.6 Å². The van der Waals surface area contributed by atoms with Crippen molar-refractivity contribution in [2.24, 2.45) is 0 Å². The van der Waals surface area contributed by atoms with Crippen LogP contribution < -0.4 is 14.8 Å². The standard InChI is InChI=1S/C31H32N2O6S/c1-5-28(29(34)39-31(2,3)4)33-40(36,37)27-18-13-23(14-19-27)22-11-16-26(17-12-22)38-30(35)32-25-15-10-21-8-6-7-9-24(21)20-25/h6-20,28,33H,5H2,1-4H3,(H,32,35). The van der Waals surface area contributed by atoms with Gasteiger partial charge in [-0.1, -0.05) is 61.5 Å². The van der Waals surface area contributed by atoms with Crippen molar-refractivity contribution in [1.29, 1.82) is 0 Å². The van der Waals surface area contributed by atoms with Crippen LogP contribution in [0.15, 0.2) is 95.9 Å². The van der Waals surface area contributed by atoms with Crippen molar-refractivity contribution in [3.8, 4) is 16.9 Å². The van der Waals surface area contributed by atoms with Crippen LogP contribution in [0.4, 0.5) is 10.5 Å². The van der Waals surface area contributed by atoms with E-state index in [-0.39, 0.29) is 11.3 Å². The number of hydrogen-bond acceptors (Lipinski definition) is 6. The molecular weight excluding hydrogens is 528 g/mol. The van der Waals surface area contributed by atoms with Crippen molar-refractivity contribution in [3.63, 3.8) is 0 Å². The highest BCUT2D eigenvalue weighted by molar-refractivity contribution is 7.89. The summed E-state index contributed by atoms with van der Waals surface area (Å²) in [7, 11) is -3.94. The molecule has 0 radical (unpaired) electrons. The van der Waals surface area contributed by atoms with E-state index in [4.69, 9.17) is 9.47 Å². The maximum atomic E-state index is 12.9. The van der Waals surface area contributed by atoms with Crippen LogP contribution in [0.3, 0.4) is 0 Å². The molecule has 0 spiro atoms. The van der Waals surface area contributed by atoms with Gasteiger partial charge in [0.15, 0.2) is 0 Å². The number of amides is 1. The highest BCUT2D eigenvalue weighted by Crippen LogP contribution is 2.25. The van der Waals surface area contributed by atoms with E-state index in [2.05, 4.69) is 10.0 Å². The van der Waals surface area contributed by atoms with Gasteiger partial charge in [-0.05, 0) is 85.5 Å². The first kappa shape index (κ1) is 28.8. The molecule has 0 aliphatic carbocycles. The Morgan fingerprint density at radius 1 is 0.825 bits per heavy atom. The lowest BCUT2D eigenvalue weighted by molar-refractivity contribution is -0.157. The Kier molecular flexibility index (Phi) is 8.56. The monoisotopic (exact) mass is 560 g/mol. The van der Waals surface area contributed by atoms with Crippen molar-refractivity contribution in [2.75, 3.05) is 5.32 Å². The van der Waals surface area contributed by atoms with Gasteiger partial charge < -0.3 is 9.47 Å². The van der Waals surface area contributed by atoms with Crippen LogP contribution in [0.1, 0.15) is 34.1 Å². The minimum absolute atomic E-state index is 0.0311. The Balaban J connectivity index is 1.38. The lowest BCUT2D eigenvalue weighted by Crippen LogP contribution is -2.43. The van der Waals surface area contributed by atoms with Gasteiger partial charge in [0.05, 0.1) is 4.90 Å². The van der Waals surface area contributed by atoms with Gasteiger partial charge >= 0.3 is 12.1 Å². The van der Waals surface area contributed by atoms with Crippen molar-refractivity contribution in [3.05, 3.63) is 91.0 Å². The molecule has 40 heavy (non-hydrogen) atoms. The van der Waals surface area contributed by atoms with Gasteiger partial charge in [-0.15, -0.1) is 0 Å². The molecule has 0 fully saturated rings. The van der Waals surface area contributed by atoms with E-state index >= 15 is 0 Å². The minimum Gasteiger partial charge on any atom is -0.459 e.